The highest BCUT2D eigenvalue weighted by atomic mass is 32.1. The largest absolute Gasteiger partial charge is 0.486 e. The molecule has 0 aliphatic heterocycles. The first-order valence-corrected chi connectivity index (χ1v) is 10.4. The van der Waals surface area contributed by atoms with Crippen molar-refractivity contribution in [2.45, 2.75) is 13.5 Å². The zero-order chi connectivity index (χ0) is 21.6. The maximum atomic E-state index is 12.5. The van der Waals surface area contributed by atoms with E-state index in [4.69, 9.17) is 9.15 Å². The molecule has 2 aromatic carbocycles. The third kappa shape index (κ3) is 5.37. The Morgan fingerprint density at radius 3 is 2.52 bits per heavy atom. The predicted molar refractivity (Wildman–Crippen MR) is 119 cm³/mol. The maximum Gasteiger partial charge on any atom is 0.293 e. The van der Waals surface area contributed by atoms with Crippen molar-refractivity contribution in [1.82, 2.24) is 4.98 Å². The van der Waals surface area contributed by atoms with Gasteiger partial charge in [0.2, 0.25) is 5.91 Å². The molecule has 0 fully saturated rings. The smallest absolute Gasteiger partial charge is 0.293 e. The van der Waals surface area contributed by atoms with E-state index >= 15 is 0 Å². The molecule has 31 heavy (non-hydrogen) atoms. The molecule has 0 atom stereocenters. The molecule has 156 valence electrons. The molecule has 0 bridgehead atoms. The molecule has 0 unspecified atom stereocenters. The number of nitrogens with zero attached hydrogens (tertiary/aromatic N) is 1. The highest BCUT2D eigenvalue weighted by Crippen LogP contribution is 2.26. The minimum Gasteiger partial charge on any atom is -0.486 e. The molecule has 0 aliphatic carbocycles. The van der Waals surface area contributed by atoms with Crippen LogP contribution in [0.4, 0.5) is 10.8 Å². The average molecular weight is 433 g/mol. The van der Waals surface area contributed by atoms with E-state index in [1.54, 1.807) is 24.3 Å². The first-order valence-electron chi connectivity index (χ1n) is 9.48. The summed E-state index contributed by atoms with van der Waals surface area (Å²) in [6, 6.07) is 20.0. The standard InChI is InChI=1S/C23H19N3O4S/c1-15(27)24-17-9-7-16(8-10-17)20-14-31-23(25-20)26-22(28)21-12-11-19(30-21)13-29-18-5-3-2-4-6-18/h2-12,14H,13H2,1H3,(H,24,27)(H,25,26,28). The quantitative estimate of drug-likeness (QED) is 0.418. The lowest BCUT2D eigenvalue weighted by Crippen LogP contribution is -2.10. The Morgan fingerprint density at radius 2 is 1.77 bits per heavy atom. The van der Waals surface area contributed by atoms with E-state index in [-0.39, 0.29) is 24.2 Å². The number of ether oxygens (including phenoxy) is 1. The van der Waals surface area contributed by atoms with Gasteiger partial charge in [0.15, 0.2) is 10.9 Å². The number of hydrogen-bond donors (Lipinski definition) is 2. The number of benzene rings is 2. The highest BCUT2D eigenvalue weighted by molar-refractivity contribution is 7.14. The van der Waals surface area contributed by atoms with Gasteiger partial charge in [0, 0.05) is 23.6 Å². The molecule has 2 amide bonds. The second-order valence-electron chi connectivity index (χ2n) is 6.62. The van der Waals surface area contributed by atoms with Crippen LogP contribution in [0.1, 0.15) is 23.2 Å². The van der Waals surface area contributed by atoms with Crippen molar-refractivity contribution in [3.63, 3.8) is 0 Å². The average Bonchev–Trinajstić information content (AvgIpc) is 3.43. The molecule has 0 saturated heterocycles. The van der Waals surface area contributed by atoms with Crippen LogP contribution >= 0.6 is 11.3 Å². The minimum atomic E-state index is -0.382. The van der Waals surface area contributed by atoms with Crippen LogP contribution in [-0.2, 0) is 11.4 Å². The van der Waals surface area contributed by atoms with Crippen LogP contribution in [0.2, 0.25) is 0 Å². The number of rotatable bonds is 7. The van der Waals surface area contributed by atoms with Crippen molar-refractivity contribution in [2.75, 3.05) is 10.6 Å². The van der Waals surface area contributed by atoms with Gasteiger partial charge < -0.3 is 14.5 Å². The normalized spacial score (nSPS) is 10.5. The summed E-state index contributed by atoms with van der Waals surface area (Å²) in [4.78, 5) is 28.0. The van der Waals surface area contributed by atoms with Crippen molar-refractivity contribution in [3.8, 4) is 17.0 Å². The van der Waals surface area contributed by atoms with E-state index in [0.29, 0.717) is 16.6 Å². The molecule has 0 spiro atoms. The summed E-state index contributed by atoms with van der Waals surface area (Å²) >= 11 is 1.32. The van der Waals surface area contributed by atoms with E-state index in [1.165, 1.54) is 18.3 Å². The first kappa shape index (κ1) is 20.4. The van der Waals surface area contributed by atoms with E-state index in [0.717, 1.165) is 17.0 Å². The third-order valence-electron chi connectivity index (χ3n) is 4.24. The number of hydrogen-bond acceptors (Lipinski definition) is 6. The van der Waals surface area contributed by atoms with Gasteiger partial charge >= 0.3 is 0 Å². The van der Waals surface area contributed by atoms with Gasteiger partial charge in [0.1, 0.15) is 18.1 Å². The van der Waals surface area contributed by atoms with Crippen LogP contribution in [0, 0.1) is 0 Å². The maximum absolute atomic E-state index is 12.5. The fourth-order valence-corrected chi connectivity index (χ4v) is 3.51. The molecular formula is C23H19N3O4S. The monoisotopic (exact) mass is 433 g/mol. The first-order chi connectivity index (χ1) is 15.1. The molecule has 2 heterocycles. The second kappa shape index (κ2) is 9.27. The van der Waals surface area contributed by atoms with E-state index < -0.39 is 0 Å². The van der Waals surface area contributed by atoms with E-state index in [9.17, 15) is 9.59 Å². The minimum absolute atomic E-state index is 0.126. The van der Waals surface area contributed by atoms with Crippen molar-refractivity contribution >= 4 is 34.0 Å². The lowest BCUT2D eigenvalue weighted by molar-refractivity contribution is -0.114. The number of anilines is 2. The molecule has 8 heteroatoms. The van der Waals surface area contributed by atoms with Crippen molar-refractivity contribution < 1.29 is 18.7 Å². The lowest BCUT2D eigenvalue weighted by atomic mass is 10.1. The van der Waals surface area contributed by atoms with Gasteiger partial charge in [-0.25, -0.2) is 4.98 Å². The van der Waals surface area contributed by atoms with Crippen LogP contribution < -0.4 is 15.4 Å². The Bertz CT molecular complexity index is 1180. The van der Waals surface area contributed by atoms with Crippen molar-refractivity contribution in [1.29, 1.82) is 0 Å². The molecular weight excluding hydrogens is 414 g/mol. The molecule has 0 saturated carbocycles. The van der Waals surface area contributed by atoms with Gasteiger partial charge in [-0.1, -0.05) is 30.3 Å². The number of para-hydroxylation sites is 1. The Kier molecular flexibility index (Phi) is 6.09. The Hall–Kier alpha value is -3.91. The van der Waals surface area contributed by atoms with Gasteiger partial charge in [-0.15, -0.1) is 11.3 Å². The zero-order valence-corrected chi connectivity index (χ0v) is 17.4. The second-order valence-corrected chi connectivity index (χ2v) is 7.48. The topological polar surface area (TPSA) is 93.5 Å². The number of thiazole rings is 1. The highest BCUT2D eigenvalue weighted by Gasteiger charge is 2.14. The van der Waals surface area contributed by atoms with Gasteiger partial charge in [-0.2, -0.15) is 0 Å². The zero-order valence-electron chi connectivity index (χ0n) is 16.6. The van der Waals surface area contributed by atoms with Crippen LogP contribution in [0.15, 0.2) is 76.5 Å². The number of carbonyl (C=O) groups excluding carboxylic acids is 2. The summed E-state index contributed by atoms with van der Waals surface area (Å²) < 4.78 is 11.2. The Labute approximate surface area is 182 Å². The summed E-state index contributed by atoms with van der Waals surface area (Å²) in [5.74, 6) is 0.952. The van der Waals surface area contributed by atoms with Gasteiger partial charge in [-0.05, 0) is 36.4 Å². The molecule has 2 aromatic heterocycles. The fourth-order valence-electron chi connectivity index (χ4n) is 2.80. The van der Waals surface area contributed by atoms with E-state index in [1.807, 2.05) is 47.8 Å². The van der Waals surface area contributed by atoms with Crippen molar-refractivity contribution in [3.05, 3.63) is 83.6 Å². The summed E-state index contributed by atoms with van der Waals surface area (Å²) in [7, 11) is 0. The molecule has 0 aliphatic rings. The molecule has 4 aromatic rings. The number of furan rings is 1. The van der Waals surface area contributed by atoms with E-state index in [2.05, 4.69) is 15.6 Å². The molecule has 2 N–H and O–H groups in total. The number of aromatic nitrogens is 1. The van der Waals surface area contributed by atoms with Crippen molar-refractivity contribution in [2.24, 2.45) is 0 Å². The van der Waals surface area contributed by atoms with Crippen LogP contribution in [0.25, 0.3) is 11.3 Å². The summed E-state index contributed by atoms with van der Waals surface area (Å²) in [6.45, 7) is 1.69. The summed E-state index contributed by atoms with van der Waals surface area (Å²) in [5.41, 5.74) is 2.32. The van der Waals surface area contributed by atoms with Gasteiger partial charge in [0.25, 0.3) is 5.91 Å². The Morgan fingerprint density at radius 1 is 1.00 bits per heavy atom. The molecule has 0 radical (unpaired) electrons. The van der Waals surface area contributed by atoms with Gasteiger partial charge in [-0.3, -0.25) is 14.9 Å². The summed E-state index contributed by atoms with van der Waals surface area (Å²) in [6.07, 6.45) is 0. The fraction of sp³-hybridized carbons (Fsp3) is 0.0870. The third-order valence-corrected chi connectivity index (χ3v) is 4.99. The number of carbonyl (C=O) groups is 2. The SMILES string of the molecule is CC(=O)Nc1ccc(-c2csc(NC(=O)c3ccc(COc4ccccc4)o3)n2)cc1. The van der Waals surface area contributed by atoms with Crippen LogP contribution in [0.5, 0.6) is 5.75 Å². The molecule has 4 rings (SSSR count). The lowest BCUT2D eigenvalue weighted by Gasteiger charge is -2.03. The Balaban J connectivity index is 1.36. The molecule has 7 nitrogen and oxygen atoms in total. The van der Waals surface area contributed by atoms with Gasteiger partial charge in [0.05, 0.1) is 5.69 Å². The summed E-state index contributed by atoms with van der Waals surface area (Å²) in [5, 5.41) is 7.78. The number of nitrogens with one attached hydrogen (secondary N) is 2. The predicted octanol–water partition coefficient (Wildman–Crippen LogP) is 5.19. The number of amides is 2. The van der Waals surface area contributed by atoms with Crippen LogP contribution in [0.3, 0.4) is 0 Å². The van der Waals surface area contributed by atoms with Crippen LogP contribution in [-0.4, -0.2) is 16.8 Å².